The number of amides is 1. The van der Waals surface area contributed by atoms with E-state index in [9.17, 15) is 9.90 Å². The fourth-order valence-electron chi connectivity index (χ4n) is 2.68. The molecule has 7 heteroatoms. The largest absolute Gasteiger partial charge is 0.394 e. The van der Waals surface area contributed by atoms with Crippen LogP contribution >= 0.6 is 23.2 Å². The third-order valence-electron chi connectivity index (χ3n) is 4.05. The number of carbonyl (C=O) groups excluding carboxylic acids is 1. The summed E-state index contributed by atoms with van der Waals surface area (Å²) in [5, 5.41) is 13.4. The Bertz CT molecular complexity index is 940. The Labute approximate surface area is 161 Å². The van der Waals surface area contributed by atoms with E-state index >= 15 is 0 Å². The maximum absolute atomic E-state index is 12.5. The van der Waals surface area contributed by atoms with Crippen LogP contribution in [-0.4, -0.2) is 27.6 Å². The number of aliphatic hydroxyl groups is 1. The van der Waals surface area contributed by atoms with Gasteiger partial charge < -0.3 is 15.4 Å². The van der Waals surface area contributed by atoms with Gasteiger partial charge in [0.2, 0.25) is 0 Å². The molecule has 0 aliphatic carbocycles. The highest BCUT2D eigenvalue weighted by Gasteiger charge is 2.17. The van der Waals surface area contributed by atoms with Crippen molar-refractivity contribution in [3.05, 3.63) is 75.8 Å². The molecule has 134 valence electrons. The van der Waals surface area contributed by atoms with Crippen molar-refractivity contribution in [1.29, 1.82) is 0 Å². The Balaban J connectivity index is 1.80. The van der Waals surface area contributed by atoms with Crippen LogP contribution in [-0.2, 0) is 0 Å². The predicted molar refractivity (Wildman–Crippen MR) is 103 cm³/mol. The highest BCUT2D eigenvalue weighted by atomic mass is 35.5. The monoisotopic (exact) mass is 389 g/mol. The van der Waals surface area contributed by atoms with Crippen molar-refractivity contribution < 1.29 is 9.90 Å². The van der Waals surface area contributed by atoms with Crippen molar-refractivity contribution in [1.82, 2.24) is 15.3 Å². The highest BCUT2D eigenvalue weighted by Crippen LogP contribution is 2.26. The molecular weight excluding hydrogens is 373 g/mol. The van der Waals surface area contributed by atoms with Gasteiger partial charge in [0, 0.05) is 23.0 Å². The zero-order chi connectivity index (χ0) is 18.7. The van der Waals surface area contributed by atoms with Crippen LogP contribution < -0.4 is 5.32 Å². The maximum Gasteiger partial charge on any atom is 0.268 e. The van der Waals surface area contributed by atoms with Crippen LogP contribution in [0.25, 0.3) is 11.1 Å². The van der Waals surface area contributed by atoms with E-state index in [0.717, 1.165) is 22.3 Å². The van der Waals surface area contributed by atoms with E-state index < -0.39 is 6.04 Å². The Morgan fingerprint density at radius 2 is 2.12 bits per heavy atom. The third kappa shape index (κ3) is 4.07. The van der Waals surface area contributed by atoms with E-state index in [1.807, 2.05) is 6.92 Å². The second-order valence-corrected chi connectivity index (χ2v) is 6.71. The Morgan fingerprint density at radius 3 is 2.85 bits per heavy atom. The lowest BCUT2D eigenvalue weighted by molar-refractivity contribution is 0.0912. The molecule has 0 radical (unpaired) electrons. The molecule has 1 amide bonds. The number of rotatable bonds is 5. The number of halogens is 2. The molecule has 1 atom stereocenters. The molecule has 3 aromatic rings. The number of H-pyrrole nitrogens is 1. The summed E-state index contributed by atoms with van der Waals surface area (Å²) in [6.45, 7) is 1.69. The molecule has 2 aromatic heterocycles. The van der Waals surface area contributed by atoms with E-state index in [1.54, 1.807) is 48.8 Å². The number of pyridine rings is 1. The number of aryl methyl sites for hydroxylation is 1. The van der Waals surface area contributed by atoms with Gasteiger partial charge >= 0.3 is 0 Å². The summed E-state index contributed by atoms with van der Waals surface area (Å²) in [6, 6.07) is 9.96. The first-order chi connectivity index (χ1) is 12.5. The van der Waals surface area contributed by atoms with Crippen molar-refractivity contribution in [3.8, 4) is 11.1 Å². The second kappa shape index (κ2) is 7.91. The number of nitrogens with zero attached hydrogens (tertiary/aromatic N) is 1. The molecule has 26 heavy (non-hydrogen) atoms. The van der Waals surface area contributed by atoms with Crippen molar-refractivity contribution >= 4 is 29.1 Å². The van der Waals surface area contributed by atoms with Gasteiger partial charge in [0.15, 0.2) is 0 Å². The molecule has 0 fully saturated rings. The molecule has 0 spiro atoms. The van der Waals surface area contributed by atoms with Gasteiger partial charge in [0.25, 0.3) is 5.91 Å². The Morgan fingerprint density at radius 1 is 1.31 bits per heavy atom. The topological polar surface area (TPSA) is 78.0 Å². The summed E-state index contributed by atoms with van der Waals surface area (Å²) >= 11 is 11.9. The number of nitrogens with one attached hydrogen (secondary N) is 2. The number of aromatic amines is 1. The number of benzene rings is 1. The third-order valence-corrected chi connectivity index (χ3v) is 4.49. The molecule has 0 aliphatic heterocycles. The molecule has 3 N–H and O–H groups in total. The summed E-state index contributed by atoms with van der Waals surface area (Å²) in [5.41, 5.74) is 3.80. The summed E-state index contributed by atoms with van der Waals surface area (Å²) in [4.78, 5) is 19.5. The van der Waals surface area contributed by atoms with Crippen LogP contribution in [0.4, 0.5) is 0 Å². The number of aliphatic hydroxyl groups excluding tert-OH is 1. The number of hydrogen-bond acceptors (Lipinski definition) is 3. The minimum absolute atomic E-state index is 0.237. The number of aromatic nitrogens is 2. The fourth-order valence-corrected chi connectivity index (χ4v) is 3.04. The van der Waals surface area contributed by atoms with E-state index in [0.29, 0.717) is 15.9 Å². The van der Waals surface area contributed by atoms with Crippen LogP contribution in [0.15, 0.2) is 48.8 Å². The summed E-state index contributed by atoms with van der Waals surface area (Å²) < 4.78 is 0. The molecule has 0 unspecified atom stereocenters. The lowest BCUT2D eigenvalue weighted by Gasteiger charge is -2.16. The normalized spacial score (nSPS) is 12.0. The zero-order valence-electron chi connectivity index (χ0n) is 14.0. The van der Waals surface area contributed by atoms with Gasteiger partial charge in [-0.2, -0.15) is 0 Å². The highest BCUT2D eigenvalue weighted by molar-refractivity contribution is 6.30. The zero-order valence-corrected chi connectivity index (χ0v) is 15.5. The van der Waals surface area contributed by atoms with Crippen molar-refractivity contribution in [3.63, 3.8) is 0 Å². The van der Waals surface area contributed by atoms with Gasteiger partial charge in [-0.15, -0.1) is 0 Å². The minimum atomic E-state index is -0.551. The molecule has 5 nitrogen and oxygen atoms in total. The first-order valence-corrected chi connectivity index (χ1v) is 8.71. The molecule has 0 saturated carbocycles. The van der Waals surface area contributed by atoms with Crippen LogP contribution in [0.3, 0.4) is 0 Å². The molecule has 3 rings (SSSR count). The minimum Gasteiger partial charge on any atom is -0.394 e. The lowest BCUT2D eigenvalue weighted by atomic mass is 10.1. The fraction of sp³-hybridized carbons (Fsp3) is 0.158. The van der Waals surface area contributed by atoms with Crippen LogP contribution in [0.1, 0.15) is 27.7 Å². The van der Waals surface area contributed by atoms with Crippen molar-refractivity contribution in [2.45, 2.75) is 13.0 Å². The smallest absolute Gasteiger partial charge is 0.268 e. The van der Waals surface area contributed by atoms with Crippen molar-refractivity contribution in [2.24, 2.45) is 0 Å². The summed E-state index contributed by atoms with van der Waals surface area (Å²) in [7, 11) is 0. The van der Waals surface area contributed by atoms with Gasteiger partial charge in [-0.05, 0) is 47.9 Å². The molecule has 2 heterocycles. The van der Waals surface area contributed by atoms with Gasteiger partial charge in [-0.3, -0.25) is 4.79 Å². The first kappa shape index (κ1) is 18.5. The van der Waals surface area contributed by atoms with Gasteiger partial charge in [-0.25, -0.2) is 4.98 Å². The molecular formula is C19H17Cl2N3O2. The molecule has 1 aromatic carbocycles. The van der Waals surface area contributed by atoms with Crippen LogP contribution in [0.2, 0.25) is 10.2 Å². The molecule has 0 bridgehead atoms. The van der Waals surface area contributed by atoms with E-state index in [-0.39, 0.29) is 12.5 Å². The quantitative estimate of drug-likeness (QED) is 0.573. The number of hydrogen-bond donors (Lipinski definition) is 3. The second-order valence-electron chi connectivity index (χ2n) is 5.89. The predicted octanol–water partition coefficient (Wildman–Crippen LogP) is 4.16. The van der Waals surface area contributed by atoms with Crippen LogP contribution in [0.5, 0.6) is 0 Å². The number of carbonyl (C=O) groups is 1. The first-order valence-electron chi connectivity index (χ1n) is 7.96. The summed E-state index contributed by atoms with van der Waals surface area (Å²) in [5.74, 6) is -0.326. The van der Waals surface area contributed by atoms with Crippen molar-refractivity contribution in [2.75, 3.05) is 6.61 Å². The standard InChI is InChI=1S/C19H17Cl2N3O2/c1-11-8-23-18(21)7-15(11)13-6-16(22-9-13)19(26)24-17(10-25)12-3-2-4-14(20)5-12/h2-9,17,22,25H,10H2,1H3,(H,24,26)/t17-/m1/s1. The lowest BCUT2D eigenvalue weighted by Crippen LogP contribution is -2.31. The van der Waals surface area contributed by atoms with Gasteiger partial charge in [-0.1, -0.05) is 35.3 Å². The summed E-state index contributed by atoms with van der Waals surface area (Å²) in [6.07, 6.45) is 3.42. The maximum atomic E-state index is 12.5. The van der Waals surface area contributed by atoms with Gasteiger partial charge in [0.05, 0.1) is 12.6 Å². The van der Waals surface area contributed by atoms with E-state index in [2.05, 4.69) is 15.3 Å². The molecule has 0 aliphatic rings. The van der Waals surface area contributed by atoms with Crippen LogP contribution in [0, 0.1) is 6.92 Å². The SMILES string of the molecule is Cc1cnc(Cl)cc1-c1c[nH]c(C(=O)N[C@H](CO)c2cccc(Cl)c2)c1. The van der Waals surface area contributed by atoms with E-state index in [1.165, 1.54) is 0 Å². The average Bonchev–Trinajstić information content (AvgIpc) is 3.11. The Kier molecular flexibility index (Phi) is 5.61. The average molecular weight is 390 g/mol. The van der Waals surface area contributed by atoms with E-state index in [4.69, 9.17) is 23.2 Å². The van der Waals surface area contributed by atoms with Gasteiger partial charge in [0.1, 0.15) is 10.8 Å². The molecule has 0 saturated heterocycles. The Hall–Kier alpha value is -2.34.